The molecule has 3 rings (SSSR count). The van der Waals surface area contributed by atoms with Gasteiger partial charge in [0.05, 0.1) is 29.8 Å². The average Bonchev–Trinajstić information content (AvgIpc) is 3.06. The van der Waals surface area contributed by atoms with E-state index in [1.807, 2.05) is 0 Å². The number of carbonyl (C=O) groups is 2. The summed E-state index contributed by atoms with van der Waals surface area (Å²) in [5, 5.41) is 33.3. The zero-order valence-corrected chi connectivity index (χ0v) is 18.4. The number of nitrogens with zero attached hydrogens (tertiary/aromatic N) is 1. The minimum atomic E-state index is -2.15. The third-order valence-corrected chi connectivity index (χ3v) is 5.98. The Kier molecular flexibility index (Phi) is 6.20. The Bertz CT molecular complexity index is 1210. The number of carboxylic acids is 1. The largest absolute Gasteiger partial charge is 0.495 e. The summed E-state index contributed by atoms with van der Waals surface area (Å²) in [5.74, 6) is -1.48. The van der Waals surface area contributed by atoms with Crippen molar-refractivity contribution in [3.63, 3.8) is 0 Å². The Morgan fingerprint density at radius 1 is 1.19 bits per heavy atom. The summed E-state index contributed by atoms with van der Waals surface area (Å²) >= 11 is 12.5. The number of carboxylic acid groups (broad SMARTS) is 1. The Hall–Kier alpha value is -2.78. The smallest absolute Gasteiger partial charge is 0.335 e. The molecule has 1 aromatic heterocycles. The molecule has 1 heterocycles. The van der Waals surface area contributed by atoms with E-state index >= 15 is 0 Å². The Labute approximate surface area is 187 Å². The molecule has 8 nitrogen and oxygen atoms in total. The number of fused-ring (bicyclic) bond motifs is 1. The van der Waals surface area contributed by atoms with Crippen molar-refractivity contribution in [2.75, 3.05) is 13.7 Å². The van der Waals surface area contributed by atoms with Crippen LogP contribution >= 0.6 is 23.2 Å². The maximum atomic E-state index is 13.0. The lowest BCUT2D eigenvalue weighted by atomic mass is 9.96. The first kappa shape index (κ1) is 22.9. The van der Waals surface area contributed by atoms with Gasteiger partial charge in [0.25, 0.3) is 5.91 Å². The van der Waals surface area contributed by atoms with Crippen molar-refractivity contribution >= 4 is 46.0 Å². The number of amides is 1. The first-order valence-corrected chi connectivity index (χ1v) is 9.81. The van der Waals surface area contributed by atoms with Crippen LogP contribution in [-0.4, -0.2) is 45.5 Å². The molecule has 164 valence electrons. The van der Waals surface area contributed by atoms with E-state index in [9.17, 15) is 19.8 Å². The quantitative estimate of drug-likeness (QED) is 0.414. The number of aliphatic hydroxyl groups excluding tert-OH is 1. The standard InChI is InChI=1S/C21H20Cl2N2O6/c1-10-6-11(20(28)29)4-5-13(10)21(30,9-26)24-19(27)15-7-12-14(25(15)2)8-16(31-3)18(23)17(12)22/h4-8,26,30H,9H2,1-3H3,(H,24,27)(H,28,29). The molecular formula is C21H20Cl2N2O6. The number of carbonyl (C=O) groups excluding carboxylic acids is 1. The summed E-state index contributed by atoms with van der Waals surface area (Å²) in [5.41, 5.74) is -0.864. The molecule has 4 N–H and O–H groups in total. The summed E-state index contributed by atoms with van der Waals surface area (Å²) in [6.45, 7) is 0.732. The lowest BCUT2D eigenvalue weighted by Gasteiger charge is -2.29. The van der Waals surface area contributed by atoms with Crippen LogP contribution in [0.3, 0.4) is 0 Å². The van der Waals surface area contributed by atoms with Crippen LogP contribution in [0.25, 0.3) is 10.9 Å². The van der Waals surface area contributed by atoms with E-state index in [-0.39, 0.29) is 26.9 Å². The van der Waals surface area contributed by atoms with Gasteiger partial charge in [0.2, 0.25) is 0 Å². The number of halogens is 2. The molecule has 2 aromatic carbocycles. The lowest BCUT2D eigenvalue weighted by Crippen LogP contribution is -2.49. The third-order valence-electron chi connectivity index (χ3n) is 5.11. The fourth-order valence-corrected chi connectivity index (χ4v) is 3.93. The lowest BCUT2D eigenvalue weighted by molar-refractivity contribution is -0.0424. The summed E-state index contributed by atoms with van der Waals surface area (Å²) in [4.78, 5) is 24.2. The molecule has 0 aliphatic heterocycles. The first-order chi connectivity index (χ1) is 14.5. The van der Waals surface area contributed by atoms with Crippen molar-refractivity contribution < 1.29 is 29.6 Å². The van der Waals surface area contributed by atoms with Gasteiger partial charge in [-0.1, -0.05) is 29.3 Å². The molecule has 1 atom stereocenters. The molecule has 0 saturated carbocycles. The third kappa shape index (κ3) is 3.95. The fourth-order valence-electron chi connectivity index (χ4n) is 3.45. The van der Waals surface area contributed by atoms with Crippen LogP contribution in [0, 0.1) is 6.92 Å². The number of methoxy groups -OCH3 is 1. The predicted molar refractivity (Wildman–Crippen MR) is 116 cm³/mol. The van der Waals surface area contributed by atoms with E-state index in [1.165, 1.54) is 31.4 Å². The monoisotopic (exact) mass is 466 g/mol. The van der Waals surface area contributed by atoms with Gasteiger partial charge >= 0.3 is 5.97 Å². The zero-order chi connectivity index (χ0) is 23.1. The van der Waals surface area contributed by atoms with Crippen LogP contribution < -0.4 is 10.1 Å². The molecule has 1 amide bonds. The molecule has 0 aliphatic rings. The number of aromatic nitrogens is 1. The topological polar surface area (TPSA) is 121 Å². The second-order valence-electron chi connectivity index (χ2n) is 7.04. The van der Waals surface area contributed by atoms with Crippen molar-refractivity contribution in [2.45, 2.75) is 12.6 Å². The number of aryl methyl sites for hydroxylation is 2. The SMILES string of the molecule is COc1cc2c(cc(C(=O)NC(O)(CO)c3ccc(C(=O)O)cc3C)n2C)c(Cl)c1Cl. The molecule has 0 fully saturated rings. The minimum absolute atomic E-state index is 0.0158. The van der Waals surface area contributed by atoms with Crippen molar-refractivity contribution in [3.8, 4) is 5.75 Å². The van der Waals surface area contributed by atoms with Gasteiger partial charge in [-0.05, 0) is 30.7 Å². The van der Waals surface area contributed by atoms with Gasteiger partial charge in [-0.3, -0.25) is 4.79 Å². The van der Waals surface area contributed by atoms with Gasteiger partial charge in [-0.15, -0.1) is 0 Å². The highest BCUT2D eigenvalue weighted by Crippen LogP contribution is 2.39. The minimum Gasteiger partial charge on any atom is -0.495 e. The van der Waals surface area contributed by atoms with Crippen LogP contribution in [-0.2, 0) is 12.8 Å². The van der Waals surface area contributed by atoms with E-state index < -0.39 is 24.2 Å². The normalized spacial score (nSPS) is 13.1. The second kappa shape index (κ2) is 8.39. The second-order valence-corrected chi connectivity index (χ2v) is 7.79. The van der Waals surface area contributed by atoms with Gasteiger partial charge in [0.1, 0.15) is 16.5 Å². The van der Waals surface area contributed by atoms with Crippen LogP contribution in [0.4, 0.5) is 0 Å². The van der Waals surface area contributed by atoms with Gasteiger partial charge in [-0.2, -0.15) is 0 Å². The van der Waals surface area contributed by atoms with Crippen LogP contribution in [0.1, 0.15) is 32.0 Å². The summed E-state index contributed by atoms with van der Waals surface area (Å²) < 4.78 is 6.76. The predicted octanol–water partition coefficient (Wildman–Crippen LogP) is 3.07. The first-order valence-electron chi connectivity index (χ1n) is 9.05. The summed E-state index contributed by atoms with van der Waals surface area (Å²) in [6, 6.07) is 7.11. The van der Waals surface area contributed by atoms with Gasteiger partial charge < -0.3 is 29.9 Å². The fraction of sp³-hybridized carbons (Fsp3) is 0.238. The maximum absolute atomic E-state index is 13.0. The van der Waals surface area contributed by atoms with Crippen molar-refractivity contribution in [1.29, 1.82) is 0 Å². The van der Waals surface area contributed by atoms with Crippen LogP contribution in [0.2, 0.25) is 10.0 Å². The molecule has 0 radical (unpaired) electrons. The number of ether oxygens (including phenoxy) is 1. The summed E-state index contributed by atoms with van der Waals surface area (Å²) in [7, 11) is 3.07. The molecule has 31 heavy (non-hydrogen) atoms. The van der Waals surface area contributed by atoms with E-state index in [1.54, 1.807) is 24.6 Å². The number of aliphatic hydroxyl groups is 2. The van der Waals surface area contributed by atoms with Gasteiger partial charge in [0, 0.05) is 24.1 Å². The summed E-state index contributed by atoms with van der Waals surface area (Å²) in [6.07, 6.45) is 0. The molecule has 0 aliphatic carbocycles. The highest BCUT2D eigenvalue weighted by molar-refractivity contribution is 6.46. The van der Waals surface area contributed by atoms with Crippen molar-refractivity contribution in [1.82, 2.24) is 9.88 Å². The number of hydrogen-bond acceptors (Lipinski definition) is 5. The maximum Gasteiger partial charge on any atom is 0.335 e. The molecule has 0 bridgehead atoms. The van der Waals surface area contributed by atoms with E-state index in [2.05, 4.69) is 5.32 Å². The van der Waals surface area contributed by atoms with E-state index in [0.29, 0.717) is 22.2 Å². The number of hydrogen-bond donors (Lipinski definition) is 4. The van der Waals surface area contributed by atoms with Gasteiger partial charge in [0.15, 0.2) is 5.72 Å². The Morgan fingerprint density at radius 2 is 1.87 bits per heavy atom. The van der Waals surface area contributed by atoms with Crippen molar-refractivity contribution in [3.05, 3.63) is 62.8 Å². The Morgan fingerprint density at radius 3 is 2.42 bits per heavy atom. The number of benzene rings is 2. The van der Waals surface area contributed by atoms with Gasteiger partial charge in [-0.25, -0.2) is 4.79 Å². The zero-order valence-electron chi connectivity index (χ0n) is 16.9. The number of aromatic carboxylic acids is 1. The van der Waals surface area contributed by atoms with Crippen LogP contribution in [0.5, 0.6) is 5.75 Å². The van der Waals surface area contributed by atoms with Crippen LogP contribution in [0.15, 0.2) is 30.3 Å². The molecule has 0 spiro atoms. The highest BCUT2D eigenvalue weighted by atomic mass is 35.5. The average molecular weight is 467 g/mol. The van der Waals surface area contributed by atoms with Crippen molar-refractivity contribution in [2.24, 2.45) is 7.05 Å². The molecule has 0 saturated heterocycles. The molecule has 1 unspecified atom stereocenters. The molecule has 10 heteroatoms. The molecular weight excluding hydrogens is 447 g/mol. The highest BCUT2D eigenvalue weighted by Gasteiger charge is 2.34. The van der Waals surface area contributed by atoms with E-state index in [0.717, 1.165) is 0 Å². The van der Waals surface area contributed by atoms with E-state index in [4.69, 9.17) is 33.0 Å². The molecule has 3 aromatic rings. The Balaban J connectivity index is 2.03. The number of rotatable bonds is 6. The number of nitrogens with one attached hydrogen (secondary N) is 1.